The van der Waals surface area contributed by atoms with Crippen LogP contribution in [0, 0.1) is 10.1 Å². The fourth-order valence-electron chi connectivity index (χ4n) is 2.80. The second-order valence-electron chi connectivity index (χ2n) is 6.09. The lowest BCUT2D eigenvalue weighted by Crippen LogP contribution is -2.16. The molecule has 0 bridgehead atoms. The molecule has 6 nitrogen and oxygen atoms in total. The van der Waals surface area contributed by atoms with E-state index in [0.717, 1.165) is 17.0 Å². The van der Waals surface area contributed by atoms with Crippen molar-refractivity contribution in [1.29, 1.82) is 0 Å². The SMILES string of the molecule is O=[N+]([O-])c1cccc(-c2csc(=Nc3ccc(Cl)c(Cl)c3)n2Cc2ccco2)c1. The molecule has 2 aromatic carbocycles. The Morgan fingerprint density at radius 1 is 1.10 bits per heavy atom. The maximum Gasteiger partial charge on any atom is 0.270 e. The van der Waals surface area contributed by atoms with Crippen molar-refractivity contribution in [3.63, 3.8) is 0 Å². The van der Waals surface area contributed by atoms with E-state index in [0.29, 0.717) is 27.1 Å². The predicted octanol–water partition coefficient (Wildman–Crippen LogP) is 6.31. The van der Waals surface area contributed by atoms with E-state index < -0.39 is 4.92 Å². The van der Waals surface area contributed by atoms with Gasteiger partial charge in [-0.1, -0.05) is 35.3 Å². The van der Waals surface area contributed by atoms with Gasteiger partial charge in [0.25, 0.3) is 5.69 Å². The summed E-state index contributed by atoms with van der Waals surface area (Å²) in [5.74, 6) is 0.741. The van der Waals surface area contributed by atoms with Gasteiger partial charge in [0.2, 0.25) is 0 Å². The van der Waals surface area contributed by atoms with Crippen LogP contribution in [0.25, 0.3) is 11.3 Å². The molecule has 2 heterocycles. The van der Waals surface area contributed by atoms with Crippen LogP contribution in [-0.4, -0.2) is 9.49 Å². The Hall–Kier alpha value is -2.87. The van der Waals surface area contributed by atoms with Gasteiger partial charge in [-0.25, -0.2) is 4.99 Å². The third-order valence-electron chi connectivity index (χ3n) is 4.17. The molecule has 29 heavy (non-hydrogen) atoms. The van der Waals surface area contributed by atoms with Crippen molar-refractivity contribution in [2.24, 2.45) is 4.99 Å². The van der Waals surface area contributed by atoms with Gasteiger partial charge in [0.15, 0.2) is 4.80 Å². The Morgan fingerprint density at radius 2 is 1.97 bits per heavy atom. The minimum absolute atomic E-state index is 0.0289. The molecule has 0 fully saturated rings. The van der Waals surface area contributed by atoms with Crippen molar-refractivity contribution in [2.45, 2.75) is 6.54 Å². The van der Waals surface area contributed by atoms with Gasteiger partial charge in [-0.2, -0.15) is 0 Å². The van der Waals surface area contributed by atoms with E-state index >= 15 is 0 Å². The molecule has 0 aliphatic heterocycles. The van der Waals surface area contributed by atoms with Gasteiger partial charge in [-0.15, -0.1) is 11.3 Å². The van der Waals surface area contributed by atoms with Gasteiger partial charge in [-0.05, 0) is 30.3 Å². The molecular formula is C20H13Cl2N3O3S. The number of halogens is 2. The number of non-ortho nitro benzene ring substituents is 1. The second-order valence-corrected chi connectivity index (χ2v) is 7.74. The van der Waals surface area contributed by atoms with Crippen LogP contribution in [0.5, 0.6) is 0 Å². The van der Waals surface area contributed by atoms with Crippen molar-refractivity contribution in [1.82, 2.24) is 4.57 Å². The van der Waals surface area contributed by atoms with Crippen molar-refractivity contribution in [3.05, 3.63) is 97.0 Å². The lowest BCUT2D eigenvalue weighted by molar-refractivity contribution is -0.384. The molecule has 0 N–H and O–H groups in total. The van der Waals surface area contributed by atoms with Crippen molar-refractivity contribution < 1.29 is 9.34 Å². The van der Waals surface area contributed by atoms with E-state index in [9.17, 15) is 10.1 Å². The average molecular weight is 446 g/mol. The lowest BCUT2D eigenvalue weighted by atomic mass is 10.1. The Bertz CT molecular complexity index is 1250. The third kappa shape index (κ3) is 4.27. The van der Waals surface area contributed by atoms with Crippen LogP contribution in [0.2, 0.25) is 10.0 Å². The maximum atomic E-state index is 11.2. The molecule has 0 spiro atoms. The molecule has 4 rings (SSSR count). The molecule has 0 atom stereocenters. The van der Waals surface area contributed by atoms with Crippen LogP contribution in [-0.2, 0) is 6.54 Å². The minimum Gasteiger partial charge on any atom is -0.467 e. The molecule has 0 aliphatic carbocycles. The minimum atomic E-state index is -0.409. The van der Waals surface area contributed by atoms with Crippen molar-refractivity contribution in [3.8, 4) is 11.3 Å². The monoisotopic (exact) mass is 445 g/mol. The summed E-state index contributed by atoms with van der Waals surface area (Å²) in [6.07, 6.45) is 1.60. The zero-order chi connectivity index (χ0) is 20.4. The number of rotatable bonds is 5. The van der Waals surface area contributed by atoms with E-state index in [1.807, 2.05) is 28.1 Å². The fraction of sp³-hybridized carbons (Fsp3) is 0.0500. The smallest absolute Gasteiger partial charge is 0.270 e. The highest BCUT2D eigenvalue weighted by molar-refractivity contribution is 7.07. The summed E-state index contributed by atoms with van der Waals surface area (Å²) in [4.78, 5) is 16.2. The van der Waals surface area contributed by atoms with Crippen LogP contribution in [0.4, 0.5) is 11.4 Å². The van der Waals surface area contributed by atoms with Crippen molar-refractivity contribution >= 4 is 45.9 Å². The van der Waals surface area contributed by atoms with Gasteiger partial charge < -0.3 is 8.98 Å². The molecule has 2 aromatic heterocycles. The fourth-order valence-corrected chi connectivity index (χ4v) is 4.03. The second kappa shape index (κ2) is 8.24. The zero-order valence-corrected chi connectivity index (χ0v) is 17.1. The molecule has 0 saturated carbocycles. The molecule has 0 saturated heterocycles. The Balaban J connectivity index is 1.86. The van der Waals surface area contributed by atoms with E-state index in [1.165, 1.54) is 17.4 Å². The molecule has 0 radical (unpaired) electrons. The van der Waals surface area contributed by atoms with Gasteiger partial charge in [0.05, 0.1) is 39.2 Å². The van der Waals surface area contributed by atoms with Crippen LogP contribution in [0.1, 0.15) is 5.76 Å². The number of nitro groups is 1. The largest absolute Gasteiger partial charge is 0.467 e. The van der Waals surface area contributed by atoms with Crippen LogP contribution < -0.4 is 4.80 Å². The van der Waals surface area contributed by atoms with Crippen LogP contribution >= 0.6 is 34.5 Å². The summed E-state index contributed by atoms with van der Waals surface area (Å²) in [6, 6.07) is 15.3. The normalized spacial score (nSPS) is 11.7. The summed E-state index contributed by atoms with van der Waals surface area (Å²) in [5.41, 5.74) is 2.20. The standard InChI is InChI=1S/C20H13Cl2N3O3S/c21-17-7-6-14(10-18(17)22)23-20-24(11-16-5-2-8-28-16)19(12-29-20)13-3-1-4-15(9-13)25(26)27/h1-10,12H,11H2. The molecule has 4 aromatic rings. The zero-order valence-electron chi connectivity index (χ0n) is 14.8. The van der Waals surface area contributed by atoms with Crippen molar-refractivity contribution in [2.75, 3.05) is 0 Å². The summed E-state index contributed by atoms with van der Waals surface area (Å²) in [5, 5.41) is 14.0. The number of benzene rings is 2. The highest BCUT2D eigenvalue weighted by atomic mass is 35.5. The maximum absolute atomic E-state index is 11.2. The molecule has 146 valence electrons. The average Bonchev–Trinajstić information content (AvgIpc) is 3.36. The Labute approximate surface area is 179 Å². The number of aromatic nitrogens is 1. The van der Waals surface area contributed by atoms with Crippen LogP contribution in [0.3, 0.4) is 0 Å². The number of hydrogen-bond acceptors (Lipinski definition) is 5. The lowest BCUT2D eigenvalue weighted by Gasteiger charge is -2.08. The first-order valence-corrected chi connectivity index (χ1v) is 10.1. The number of thiazole rings is 1. The van der Waals surface area contributed by atoms with Crippen LogP contribution in [0.15, 0.2) is 75.7 Å². The topological polar surface area (TPSA) is 73.6 Å². The number of hydrogen-bond donors (Lipinski definition) is 0. The molecule has 9 heteroatoms. The summed E-state index contributed by atoms with van der Waals surface area (Å²) >= 11 is 13.5. The summed E-state index contributed by atoms with van der Waals surface area (Å²) in [7, 11) is 0. The first-order valence-electron chi connectivity index (χ1n) is 8.46. The highest BCUT2D eigenvalue weighted by Crippen LogP contribution is 2.28. The van der Waals surface area contributed by atoms with E-state index in [4.69, 9.17) is 32.6 Å². The van der Waals surface area contributed by atoms with Gasteiger partial charge >= 0.3 is 0 Å². The van der Waals surface area contributed by atoms with Gasteiger partial charge in [0, 0.05) is 23.1 Å². The predicted molar refractivity (Wildman–Crippen MR) is 114 cm³/mol. The number of furan rings is 1. The van der Waals surface area contributed by atoms with E-state index in [-0.39, 0.29) is 5.69 Å². The Kier molecular flexibility index (Phi) is 5.53. The molecular weight excluding hydrogens is 433 g/mol. The first kappa shape index (κ1) is 19.4. The number of nitro benzene ring substituents is 1. The summed E-state index contributed by atoms with van der Waals surface area (Å²) < 4.78 is 7.44. The first-order chi connectivity index (χ1) is 14.0. The van der Waals surface area contributed by atoms with E-state index in [2.05, 4.69) is 0 Å². The Morgan fingerprint density at radius 3 is 2.69 bits per heavy atom. The summed E-state index contributed by atoms with van der Waals surface area (Å²) in [6.45, 7) is 0.425. The highest BCUT2D eigenvalue weighted by Gasteiger charge is 2.13. The molecule has 0 aliphatic rings. The molecule has 0 amide bonds. The molecule has 0 unspecified atom stereocenters. The van der Waals surface area contributed by atoms with Gasteiger partial charge in [0.1, 0.15) is 5.76 Å². The number of nitrogens with zero attached hydrogens (tertiary/aromatic N) is 3. The van der Waals surface area contributed by atoms with Gasteiger partial charge in [-0.3, -0.25) is 10.1 Å². The third-order valence-corrected chi connectivity index (χ3v) is 5.78. The quantitative estimate of drug-likeness (QED) is 0.267. The van der Waals surface area contributed by atoms with E-state index in [1.54, 1.807) is 36.6 Å².